The van der Waals surface area contributed by atoms with Crippen LogP contribution in [-0.4, -0.2) is 56.5 Å². The Morgan fingerprint density at radius 1 is 0.623 bits per heavy atom. The number of nitriles is 1. The Kier molecular flexibility index (Phi) is 22.6. The Balaban J connectivity index is 0.000000315. The molecule has 2 aliphatic heterocycles. The minimum Gasteiger partial charge on any atom is -0.870 e. The topological polar surface area (TPSA) is 128 Å². The summed E-state index contributed by atoms with van der Waals surface area (Å²) in [5.74, 6) is 5.87. The zero-order valence-corrected chi connectivity index (χ0v) is 42.1. The first-order valence-corrected chi connectivity index (χ1v) is 23.1. The molecule has 0 saturated heterocycles. The molecule has 2 aliphatic rings. The third-order valence-corrected chi connectivity index (χ3v) is 15.3. The number of benzene rings is 4. The first-order chi connectivity index (χ1) is 28.6. The molecular weight excluding hydrogens is 830 g/mol. The Labute approximate surface area is 416 Å². The molecule has 4 atom stereocenters. The van der Waals surface area contributed by atoms with Gasteiger partial charge in [0.05, 0.1) is 34.5 Å². The van der Waals surface area contributed by atoms with E-state index >= 15 is 0 Å². The standard InChI is InChI=1S/C25H31NO2S.C25H32O4S.K.H2O/c1-25(19-10-12-20(27-2)13-11-19)18-29-24-17-21(28-3)14-15-22(24)23(25)9-7-5-4-6-8-16-26;1-25(18-10-12-19(28-2)13-11-18)17-30-23-16-20(29-3)14-15-21(23)22(25)8-6-4-5-7-9-24(26)27;;/h10-15,17,23H,4-9,18H2,1-3H3;10-16,22H,4-9,17H2,1-3H3,(H,26,27);;1H2/q;;+1;/p-1. The number of rotatable bonds is 19. The van der Waals surface area contributed by atoms with E-state index in [1.165, 1.54) is 44.9 Å². The normalized spacial score (nSPS) is 19.8. The molecule has 0 spiro atoms. The molecule has 4 unspecified atom stereocenters. The van der Waals surface area contributed by atoms with Crippen LogP contribution in [0.5, 0.6) is 23.0 Å². The Hall–Kier alpha value is -2.66. The molecule has 2 N–H and O–H groups in total. The fourth-order valence-corrected chi connectivity index (χ4v) is 11.6. The maximum Gasteiger partial charge on any atom is 1.00 e. The monoisotopic (exact) mass is 893 g/mol. The van der Waals surface area contributed by atoms with E-state index in [0.717, 1.165) is 85.9 Å². The minimum absolute atomic E-state index is 0. The van der Waals surface area contributed by atoms with E-state index in [2.05, 4.69) is 105 Å². The Bertz CT molecular complexity index is 1990. The Morgan fingerprint density at radius 3 is 1.38 bits per heavy atom. The van der Waals surface area contributed by atoms with Gasteiger partial charge in [-0.15, -0.1) is 23.5 Å². The molecule has 8 nitrogen and oxygen atoms in total. The summed E-state index contributed by atoms with van der Waals surface area (Å²) < 4.78 is 21.6. The smallest absolute Gasteiger partial charge is 0.870 e. The van der Waals surface area contributed by atoms with Crippen molar-refractivity contribution in [1.29, 1.82) is 5.26 Å². The molecule has 4 aromatic carbocycles. The van der Waals surface area contributed by atoms with Crippen LogP contribution in [0.15, 0.2) is 94.7 Å². The molecule has 324 valence electrons. The van der Waals surface area contributed by atoms with E-state index < -0.39 is 5.97 Å². The van der Waals surface area contributed by atoms with Crippen molar-refractivity contribution < 1.29 is 85.7 Å². The summed E-state index contributed by atoms with van der Waals surface area (Å²) in [6, 6.07) is 32.4. The van der Waals surface area contributed by atoms with Crippen LogP contribution >= 0.6 is 23.5 Å². The van der Waals surface area contributed by atoms with Crippen LogP contribution in [0.4, 0.5) is 0 Å². The van der Waals surface area contributed by atoms with Gasteiger partial charge in [-0.1, -0.05) is 88.8 Å². The maximum absolute atomic E-state index is 10.7. The molecule has 0 radical (unpaired) electrons. The quantitative estimate of drug-likeness (QED) is 0.0718. The summed E-state index contributed by atoms with van der Waals surface area (Å²) in [6.07, 6.45) is 11.6. The molecule has 4 aromatic rings. The van der Waals surface area contributed by atoms with Crippen molar-refractivity contribution >= 4 is 29.5 Å². The number of methoxy groups -OCH3 is 4. The van der Waals surface area contributed by atoms with Crippen molar-refractivity contribution in [2.45, 2.75) is 123 Å². The molecule has 0 amide bonds. The second kappa shape index (κ2) is 26.2. The average Bonchev–Trinajstić information content (AvgIpc) is 3.27. The second-order valence-corrected chi connectivity index (χ2v) is 18.3. The van der Waals surface area contributed by atoms with Crippen LogP contribution in [0.25, 0.3) is 0 Å². The van der Waals surface area contributed by atoms with Crippen LogP contribution in [0.2, 0.25) is 0 Å². The number of hydrogen-bond donors (Lipinski definition) is 1. The van der Waals surface area contributed by atoms with Gasteiger partial charge < -0.3 is 29.5 Å². The van der Waals surface area contributed by atoms with Crippen molar-refractivity contribution in [1.82, 2.24) is 0 Å². The molecule has 2 heterocycles. The van der Waals surface area contributed by atoms with Gasteiger partial charge in [0.1, 0.15) is 23.0 Å². The molecule has 11 heteroatoms. The fraction of sp³-hybridized carbons (Fsp3) is 0.480. The number of thioether (sulfide) groups is 2. The number of ether oxygens (including phenoxy) is 4. The maximum atomic E-state index is 10.7. The van der Waals surface area contributed by atoms with Gasteiger partial charge in [0.25, 0.3) is 0 Å². The van der Waals surface area contributed by atoms with Crippen molar-refractivity contribution in [2.75, 3.05) is 39.9 Å². The van der Waals surface area contributed by atoms with E-state index in [4.69, 9.17) is 29.3 Å². The van der Waals surface area contributed by atoms with E-state index in [-0.39, 0.29) is 74.1 Å². The zero-order valence-electron chi connectivity index (χ0n) is 37.3. The van der Waals surface area contributed by atoms with Crippen LogP contribution in [0.1, 0.15) is 125 Å². The summed E-state index contributed by atoms with van der Waals surface area (Å²) in [6.45, 7) is 4.79. The number of unbranched alkanes of at least 4 members (excludes halogenated alkanes) is 7. The first-order valence-electron chi connectivity index (χ1n) is 21.1. The van der Waals surface area contributed by atoms with E-state index in [1.807, 2.05) is 23.5 Å². The second-order valence-electron chi connectivity index (χ2n) is 16.2. The van der Waals surface area contributed by atoms with E-state index in [0.29, 0.717) is 18.3 Å². The predicted molar refractivity (Wildman–Crippen MR) is 244 cm³/mol. The molecular formula is C50H64KNO7S2. The summed E-state index contributed by atoms with van der Waals surface area (Å²) >= 11 is 3.84. The third-order valence-electron chi connectivity index (χ3n) is 12.4. The van der Waals surface area contributed by atoms with Crippen molar-refractivity contribution in [3.8, 4) is 29.1 Å². The molecule has 0 aliphatic carbocycles. The van der Waals surface area contributed by atoms with Crippen LogP contribution in [0, 0.1) is 11.3 Å². The largest absolute Gasteiger partial charge is 1.00 e. The summed E-state index contributed by atoms with van der Waals surface area (Å²) in [7, 11) is 6.86. The number of carboxylic acid groups (broad SMARTS) is 1. The zero-order chi connectivity index (χ0) is 42.3. The molecule has 0 fully saturated rings. The minimum atomic E-state index is -0.700. The van der Waals surface area contributed by atoms with Gasteiger partial charge in [0, 0.05) is 45.0 Å². The van der Waals surface area contributed by atoms with E-state index in [1.54, 1.807) is 28.4 Å². The van der Waals surface area contributed by atoms with Gasteiger partial charge in [0.2, 0.25) is 0 Å². The van der Waals surface area contributed by atoms with Gasteiger partial charge in [-0.3, -0.25) is 4.79 Å². The number of carbonyl (C=O) groups is 1. The van der Waals surface area contributed by atoms with Crippen molar-refractivity contribution in [2.24, 2.45) is 0 Å². The van der Waals surface area contributed by atoms with Crippen LogP contribution < -0.4 is 70.3 Å². The van der Waals surface area contributed by atoms with Crippen molar-refractivity contribution in [3.05, 3.63) is 107 Å². The number of carboxylic acids is 1. The number of aliphatic carboxylic acids is 1. The van der Waals surface area contributed by atoms with Crippen LogP contribution in [0.3, 0.4) is 0 Å². The molecule has 0 bridgehead atoms. The fourth-order valence-electron chi connectivity index (χ4n) is 8.80. The molecule has 0 saturated carbocycles. The van der Waals surface area contributed by atoms with Gasteiger partial charge in [-0.05, 0) is 108 Å². The average molecular weight is 894 g/mol. The van der Waals surface area contributed by atoms with Gasteiger partial charge in [0.15, 0.2) is 0 Å². The van der Waals surface area contributed by atoms with Gasteiger partial charge >= 0.3 is 57.4 Å². The van der Waals surface area contributed by atoms with E-state index in [9.17, 15) is 4.79 Å². The van der Waals surface area contributed by atoms with Gasteiger partial charge in [-0.2, -0.15) is 5.26 Å². The van der Waals surface area contributed by atoms with Crippen molar-refractivity contribution in [3.63, 3.8) is 0 Å². The summed E-state index contributed by atoms with van der Waals surface area (Å²) in [4.78, 5) is 13.4. The SMILES string of the molecule is COc1ccc(C2(C)CSc3cc(OC)ccc3C2CCCCCCC#N)cc1.COc1ccc(C2(C)CSc3cc(OC)ccc3C2CCCCCCC(=O)O)cc1.[K+].[OH-]. The number of hydrogen-bond acceptors (Lipinski definition) is 9. The van der Waals surface area contributed by atoms with Gasteiger partial charge in [-0.25, -0.2) is 0 Å². The first kappa shape index (κ1) is 52.7. The summed E-state index contributed by atoms with van der Waals surface area (Å²) in [5, 5.41) is 17.6. The third kappa shape index (κ3) is 13.9. The predicted octanol–water partition coefficient (Wildman–Crippen LogP) is 9.82. The molecule has 6 rings (SSSR count). The number of fused-ring (bicyclic) bond motifs is 2. The Morgan fingerprint density at radius 2 is 1.00 bits per heavy atom. The number of nitrogens with zero attached hydrogens (tertiary/aromatic N) is 1. The summed E-state index contributed by atoms with van der Waals surface area (Å²) in [5.41, 5.74) is 5.66. The molecule has 61 heavy (non-hydrogen) atoms. The van der Waals surface area contributed by atoms with Crippen LogP contribution in [-0.2, 0) is 15.6 Å². The molecule has 0 aromatic heterocycles.